The predicted octanol–water partition coefficient (Wildman–Crippen LogP) is 2.60. The molecule has 0 atom stereocenters. The van der Waals surface area contributed by atoms with Gasteiger partial charge in [0.25, 0.3) is 0 Å². The molecule has 0 aliphatic rings. The van der Waals surface area contributed by atoms with Gasteiger partial charge in [-0.3, -0.25) is 0 Å². The summed E-state index contributed by atoms with van der Waals surface area (Å²) in [7, 11) is 1.83. The van der Waals surface area contributed by atoms with Crippen LogP contribution >= 0.6 is 0 Å². The molecule has 0 radical (unpaired) electrons. The maximum atomic E-state index is 12.7. The minimum Gasteiger partial charge on any atom is -0.316 e. The number of halogens is 2. The van der Waals surface area contributed by atoms with Gasteiger partial charge in [0.1, 0.15) is 0 Å². The first-order valence-corrected chi connectivity index (χ1v) is 4.61. The Kier molecular flexibility index (Phi) is 3.58. The number of hydrogen-bond acceptors (Lipinski definition) is 1. The first-order chi connectivity index (χ1) is 6.51. The van der Waals surface area contributed by atoms with Crippen LogP contribution in [0.25, 0.3) is 0 Å². The largest absolute Gasteiger partial charge is 0.316 e. The summed E-state index contributed by atoms with van der Waals surface area (Å²) in [6.45, 7) is 1.65. The molecule has 14 heavy (non-hydrogen) atoms. The molecule has 3 heteroatoms. The third-order valence-corrected chi connectivity index (χ3v) is 1.89. The second kappa shape index (κ2) is 4.51. The number of hydrogen-bond donors (Lipinski definition) is 1. The lowest BCUT2D eigenvalue weighted by atomic mass is 10.1. The van der Waals surface area contributed by atoms with E-state index in [1.165, 1.54) is 0 Å². The molecular formula is C11H15F2N. The molecule has 0 unspecified atom stereocenters. The van der Waals surface area contributed by atoms with E-state index >= 15 is 0 Å². The molecule has 1 N–H and O–H groups in total. The van der Waals surface area contributed by atoms with Gasteiger partial charge < -0.3 is 5.32 Å². The van der Waals surface area contributed by atoms with Crippen molar-refractivity contribution in [2.24, 2.45) is 0 Å². The maximum absolute atomic E-state index is 12.7. The molecule has 0 spiro atoms. The summed E-state index contributed by atoms with van der Waals surface area (Å²) < 4.78 is 25.4. The van der Waals surface area contributed by atoms with Crippen LogP contribution in [-0.4, -0.2) is 13.0 Å². The molecular weight excluding hydrogens is 184 g/mol. The molecule has 0 aliphatic carbocycles. The predicted molar refractivity (Wildman–Crippen MR) is 53.5 cm³/mol. The van der Waals surface area contributed by atoms with Crippen LogP contribution in [-0.2, 0) is 13.0 Å². The minimum atomic E-state index is -2.63. The van der Waals surface area contributed by atoms with Crippen LogP contribution in [0.3, 0.4) is 0 Å². The van der Waals surface area contributed by atoms with Crippen LogP contribution in [0.2, 0.25) is 0 Å². The average molecular weight is 199 g/mol. The van der Waals surface area contributed by atoms with Crippen LogP contribution in [0, 0.1) is 0 Å². The molecule has 0 amide bonds. The lowest BCUT2D eigenvalue weighted by Crippen LogP contribution is -2.14. The zero-order valence-corrected chi connectivity index (χ0v) is 8.48. The highest BCUT2D eigenvalue weighted by atomic mass is 19.3. The highest BCUT2D eigenvalue weighted by Gasteiger charge is 2.21. The maximum Gasteiger partial charge on any atom is 0.249 e. The van der Waals surface area contributed by atoms with Gasteiger partial charge in [-0.1, -0.05) is 24.3 Å². The molecule has 1 aromatic rings. The summed E-state index contributed by atoms with van der Waals surface area (Å²) in [6, 6.07) is 7.28. The Morgan fingerprint density at radius 1 is 1.29 bits per heavy atom. The van der Waals surface area contributed by atoms with Crippen molar-refractivity contribution in [2.45, 2.75) is 25.8 Å². The summed E-state index contributed by atoms with van der Waals surface area (Å²) in [5.41, 5.74) is 1.72. The molecule has 1 aromatic carbocycles. The van der Waals surface area contributed by atoms with Gasteiger partial charge >= 0.3 is 0 Å². The van der Waals surface area contributed by atoms with E-state index in [2.05, 4.69) is 5.32 Å². The number of nitrogens with one attached hydrogen (secondary N) is 1. The van der Waals surface area contributed by atoms with Crippen molar-refractivity contribution < 1.29 is 8.78 Å². The monoisotopic (exact) mass is 199 g/mol. The Hall–Kier alpha value is -0.960. The first kappa shape index (κ1) is 11.1. The summed E-state index contributed by atoms with van der Waals surface area (Å²) in [6.07, 6.45) is -0.190. The topological polar surface area (TPSA) is 12.0 Å². The van der Waals surface area contributed by atoms with E-state index in [1.54, 1.807) is 6.07 Å². The number of alkyl halides is 2. The second-order valence-corrected chi connectivity index (χ2v) is 3.60. The Bertz CT molecular complexity index is 292. The van der Waals surface area contributed by atoms with Gasteiger partial charge in [0.05, 0.1) is 0 Å². The Balaban J connectivity index is 2.73. The fourth-order valence-electron chi connectivity index (χ4n) is 1.41. The summed E-state index contributed by atoms with van der Waals surface area (Å²) in [4.78, 5) is 0. The van der Waals surface area contributed by atoms with E-state index < -0.39 is 5.92 Å². The highest BCUT2D eigenvalue weighted by molar-refractivity contribution is 5.24. The van der Waals surface area contributed by atoms with E-state index in [9.17, 15) is 8.78 Å². The van der Waals surface area contributed by atoms with Gasteiger partial charge in [0.15, 0.2) is 0 Å². The third-order valence-electron chi connectivity index (χ3n) is 1.89. The molecule has 0 heterocycles. The van der Waals surface area contributed by atoms with Gasteiger partial charge in [-0.25, -0.2) is 8.78 Å². The SMILES string of the molecule is CNCc1cccc(CC(C)(F)F)c1. The zero-order chi connectivity index (χ0) is 10.6. The molecule has 0 saturated carbocycles. The van der Waals surface area contributed by atoms with E-state index in [1.807, 2.05) is 25.2 Å². The van der Waals surface area contributed by atoms with Crippen molar-refractivity contribution in [3.63, 3.8) is 0 Å². The quantitative estimate of drug-likeness (QED) is 0.786. The summed E-state index contributed by atoms with van der Waals surface area (Å²) >= 11 is 0. The molecule has 78 valence electrons. The lowest BCUT2D eigenvalue weighted by Gasteiger charge is -2.10. The zero-order valence-electron chi connectivity index (χ0n) is 8.48. The number of rotatable bonds is 4. The average Bonchev–Trinajstić information content (AvgIpc) is 2.02. The molecule has 0 bridgehead atoms. The van der Waals surface area contributed by atoms with Crippen molar-refractivity contribution in [1.29, 1.82) is 0 Å². The third kappa shape index (κ3) is 3.83. The van der Waals surface area contributed by atoms with E-state index in [4.69, 9.17) is 0 Å². The molecule has 0 aliphatic heterocycles. The fraction of sp³-hybridized carbons (Fsp3) is 0.455. The van der Waals surface area contributed by atoms with Crippen molar-refractivity contribution in [2.75, 3.05) is 7.05 Å². The van der Waals surface area contributed by atoms with Crippen molar-refractivity contribution in [3.8, 4) is 0 Å². The molecule has 0 fully saturated rings. The Morgan fingerprint density at radius 2 is 1.93 bits per heavy atom. The van der Waals surface area contributed by atoms with Gasteiger partial charge in [0, 0.05) is 13.0 Å². The summed E-state index contributed by atoms with van der Waals surface area (Å²) in [5.74, 6) is -2.63. The van der Waals surface area contributed by atoms with Gasteiger partial charge in [-0.15, -0.1) is 0 Å². The molecule has 0 aromatic heterocycles. The number of benzene rings is 1. The van der Waals surface area contributed by atoms with E-state index in [0.29, 0.717) is 12.1 Å². The Morgan fingerprint density at radius 3 is 2.50 bits per heavy atom. The Labute approximate surface area is 83.1 Å². The van der Waals surface area contributed by atoms with Crippen molar-refractivity contribution in [3.05, 3.63) is 35.4 Å². The van der Waals surface area contributed by atoms with Gasteiger partial charge in [-0.2, -0.15) is 0 Å². The van der Waals surface area contributed by atoms with E-state index in [-0.39, 0.29) is 6.42 Å². The van der Waals surface area contributed by atoms with E-state index in [0.717, 1.165) is 12.5 Å². The van der Waals surface area contributed by atoms with Crippen molar-refractivity contribution >= 4 is 0 Å². The van der Waals surface area contributed by atoms with Crippen LogP contribution < -0.4 is 5.32 Å². The minimum absolute atomic E-state index is 0.190. The highest BCUT2D eigenvalue weighted by Crippen LogP contribution is 2.19. The molecule has 0 saturated heterocycles. The van der Waals surface area contributed by atoms with Gasteiger partial charge in [0.2, 0.25) is 5.92 Å². The van der Waals surface area contributed by atoms with Crippen LogP contribution in [0.5, 0.6) is 0 Å². The molecule has 1 nitrogen and oxygen atoms in total. The standard InChI is InChI=1S/C11H15F2N/c1-11(12,13)7-9-4-3-5-10(6-9)8-14-2/h3-6,14H,7-8H2,1-2H3. The van der Waals surface area contributed by atoms with Crippen LogP contribution in [0.4, 0.5) is 8.78 Å². The van der Waals surface area contributed by atoms with Crippen LogP contribution in [0.15, 0.2) is 24.3 Å². The van der Waals surface area contributed by atoms with Gasteiger partial charge in [-0.05, 0) is 25.1 Å². The normalized spacial score (nSPS) is 11.7. The second-order valence-electron chi connectivity index (χ2n) is 3.60. The van der Waals surface area contributed by atoms with Crippen molar-refractivity contribution in [1.82, 2.24) is 5.32 Å². The smallest absolute Gasteiger partial charge is 0.249 e. The fourth-order valence-corrected chi connectivity index (χ4v) is 1.41. The summed E-state index contributed by atoms with van der Waals surface area (Å²) in [5, 5.41) is 2.99. The lowest BCUT2D eigenvalue weighted by molar-refractivity contribution is 0.0226. The molecule has 1 rings (SSSR count). The first-order valence-electron chi connectivity index (χ1n) is 4.61. The van der Waals surface area contributed by atoms with Crippen LogP contribution in [0.1, 0.15) is 18.1 Å².